The van der Waals surface area contributed by atoms with Crippen LogP contribution in [0.5, 0.6) is 5.75 Å². The number of carbonyl (C=O) groups is 1. The molecule has 0 saturated carbocycles. The van der Waals surface area contributed by atoms with E-state index in [0.717, 1.165) is 18.7 Å². The number of nitrogens with one attached hydrogen (secondary N) is 2. The van der Waals surface area contributed by atoms with Gasteiger partial charge in [0.1, 0.15) is 18.0 Å². The van der Waals surface area contributed by atoms with Gasteiger partial charge in [-0.05, 0) is 59.7 Å². The number of amides is 1. The number of ether oxygens (including phenoxy) is 2. The van der Waals surface area contributed by atoms with Crippen molar-refractivity contribution in [1.29, 1.82) is 0 Å². The summed E-state index contributed by atoms with van der Waals surface area (Å²) < 4.78 is 10.9. The van der Waals surface area contributed by atoms with E-state index in [4.69, 9.17) is 9.47 Å². The Balaban J connectivity index is 2.07. The van der Waals surface area contributed by atoms with Crippen molar-refractivity contribution in [1.82, 2.24) is 10.6 Å². The minimum atomic E-state index is -0.454. The Bertz CT molecular complexity index is 466. The molecule has 1 unspecified atom stereocenters. The summed E-state index contributed by atoms with van der Waals surface area (Å²) in [5, 5.41) is 6.11. The largest absolute Gasteiger partial charge is 0.492 e. The molecular formula is C18H30N2O3. The van der Waals surface area contributed by atoms with E-state index < -0.39 is 5.60 Å². The predicted octanol–water partition coefficient (Wildman–Crippen LogP) is 3.27. The van der Waals surface area contributed by atoms with E-state index in [1.54, 1.807) is 0 Å². The Morgan fingerprint density at radius 3 is 2.43 bits per heavy atom. The first-order valence-corrected chi connectivity index (χ1v) is 8.16. The Morgan fingerprint density at radius 1 is 1.17 bits per heavy atom. The fraction of sp³-hybridized carbons (Fsp3) is 0.611. The minimum Gasteiger partial charge on any atom is -0.492 e. The summed E-state index contributed by atoms with van der Waals surface area (Å²) in [7, 11) is 0. The van der Waals surface area contributed by atoms with Crippen molar-refractivity contribution in [2.45, 2.75) is 52.7 Å². The van der Waals surface area contributed by atoms with Gasteiger partial charge in [0, 0.05) is 12.6 Å². The summed E-state index contributed by atoms with van der Waals surface area (Å²) in [5.74, 6) is 0.885. The summed E-state index contributed by atoms with van der Waals surface area (Å²) in [6, 6.07) is 8.28. The lowest BCUT2D eigenvalue weighted by atomic mass is 10.2. The quantitative estimate of drug-likeness (QED) is 0.721. The van der Waals surface area contributed by atoms with Crippen molar-refractivity contribution in [3.05, 3.63) is 29.8 Å². The van der Waals surface area contributed by atoms with E-state index in [1.807, 2.05) is 45.0 Å². The fourth-order valence-electron chi connectivity index (χ4n) is 1.86. The fourth-order valence-corrected chi connectivity index (χ4v) is 1.86. The first kappa shape index (κ1) is 19.3. The zero-order valence-electron chi connectivity index (χ0n) is 14.9. The Kier molecular flexibility index (Phi) is 7.89. The van der Waals surface area contributed by atoms with Gasteiger partial charge in [0.15, 0.2) is 0 Å². The molecule has 0 spiro atoms. The summed E-state index contributed by atoms with van der Waals surface area (Å²) >= 11 is 0. The van der Waals surface area contributed by atoms with Gasteiger partial charge in [-0.3, -0.25) is 0 Å². The van der Waals surface area contributed by atoms with Gasteiger partial charge in [0.2, 0.25) is 0 Å². The highest BCUT2D eigenvalue weighted by Crippen LogP contribution is 2.11. The molecule has 0 fully saturated rings. The van der Waals surface area contributed by atoms with Crippen LogP contribution in [0.3, 0.4) is 0 Å². The van der Waals surface area contributed by atoms with Gasteiger partial charge in [-0.25, -0.2) is 4.79 Å². The molecule has 0 aliphatic rings. The van der Waals surface area contributed by atoms with Crippen LogP contribution in [0.1, 0.15) is 39.7 Å². The van der Waals surface area contributed by atoms with Crippen LogP contribution in [0.25, 0.3) is 0 Å². The summed E-state index contributed by atoms with van der Waals surface area (Å²) in [4.78, 5) is 11.5. The van der Waals surface area contributed by atoms with Crippen LogP contribution in [-0.2, 0) is 4.74 Å². The molecule has 0 heterocycles. The third-order valence-electron chi connectivity index (χ3n) is 3.04. The molecule has 0 radical (unpaired) electrons. The molecule has 1 rings (SSSR count). The highest BCUT2D eigenvalue weighted by atomic mass is 16.6. The van der Waals surface area contributed by atoms with Gasteiger partial charge < -0.3 is 20.1 Å². The lowest BCUT2D eigenvalue weighted by Crippen LogP contribution is -2.36. The van der Waals surface area contributed by atoms with Crippen molar-refractivity contribution in [3.63, 3.8) is 0 Å². The molecule has 5 heteroatoms. The average Bonchev–Trinajstić information content (AvgIpc) is 2.44. The van der Waals surface area contributed by atoms with E-state index in [9.17, 15) is 4.79 Å². The number of benzene rings is 1. The third-order valence-corrected chi connectivity index (χ3v) is 3.04. The Morgan fingerprint density at radius 2 is 1.83 bits per heavy atom. The van der Waals surface area contributed by atoms with E-state index in [1.165, 1.54) is 5.56 Å². The maximum Gasteiger partial charge on any atom is 0.407 e. The molecule has 1 aromatic carbocycles. The van der Waals surface area contributed by atoms with Crippen LogP contribution < -0.4 is 15.4 Å². The molecule has 130 valence electrons. The number of carbonyl (C=O) groups excluding carboxylic acids is 1. The molecule has 5 nitrogen and oxygen atoms in total. The summed E-state index contributed by atoms with van der Waals surface area (Å²) in [5.41, 5.74) is 0.769. The summed E-state index contributed by atoms with van der Waals surface area (Å²) in [6.45, 7) is 11.7. The number of rotatable bonds is 8. The predicted molar refractivity (Wildman–Crippen MR) is 93.0 cm³/mol. The Labute approximate surface area is 139 Å². The molecular weight excluding hydrogens is 292 g/mol. The SMILES string of the molecule is Cc1ccc(OCC(C)NCCCNC(=O)OC(C)(C)C)cc1. The molecule has 1 amide bonds. The highest BCUT2D eigenvalue weighted by Gasteiger charge is 2.15. The van der Waals surface area contributed by atoms with Crippen molar-refractivity contribution in [2.24, 2.45) is 0 Å². The van der Waals surface area contributed by atoms with E-state index in [-0.39, 0.29) is 12.1 Å². The molecule has 0 saturated heterocycles. The molecule has 1 aromatic rings. The minimum absolute atomic E-state index is 0.248. The lowest BCUT2D eigenvalue weighted by Gasteiger charge is -2.20. The zero-order chi connectivity index (χ0) is 17.3. The van der Waals surface area contributed by atoms with Crippen LogP contribution in [-0.4, -0.2) is 37.4 Å². The number of aryl methyl sites for hydroxylation is 1. The monoisotopic (exact) mass is 322 g/mol. The van der Waals surface area contributed by atoms with Crippen LogP contribution in [0.4, 0.5) is 4.79 Å². The van der Waals surface area contributed by atoms with Crippen molar-refractivity contribution in [2.75, 3.05) is 19.7 Å². The number of hydrogen-bond donors (Lipinski definition) is 2. The van der Waals surface area contributed by atoms with Gasteiger partial charge in [-0.15, -0.1) is 0 Å². The second kappa shape index (κ2) is 9.40. The van der Waals surface area contributed by atoms with Gasteiger partial charge in [-0.1, -0.05) is 17.7 Å². The lowest BCUT2D eigenvalue weighted by molar-refractivity contribution is 0.0527. The molecule has 1 atom stereocenters. The van der Waals surface area contributed by atoms with Gasteiger partial charge in [-0.2, -0.15) is 0 Å². The Hall–Kier alpha value is -1.75. The topological polar surface area (TPSA) is 59.6 Å². The van der Waals surface area contributed by atoms with E-state index >= 15 is 0 Å². The maximum atomic E-state index is 11.5. The van der Waals surface area contributed by atoms with E-state index in [2.05, 4.69) is 24.5 Å². The zero-order valence-corrected chi connectivity index (χ0v) is 14.9. The molecule has 2 N–H and O–H groups in total. The second-order valence-electron chi connectivity index (χ2n) is 6.76. The van der Waals surface area contributed by atoms with Crippen LogP contribution in [0.2, 0.25) is 0 Å². The van der Waals surface area contributed by atoms with E-state index in [0.29, 0.717) is 13.2 Å². The van der Waals surface area contributed by atoms with Crippen molar-refractivity contribution in [3.8, 4) is 5.75 Å². The first-order valence-electron chi connectivity index (χ1n) is 8.16. The smallest absolute Gasteiger partial charge is 0.407 e. The van der Waals surface area contributed by atoms with Crippen LogP contribution in [0.15, 0.2) is 24.3 Å². The van der Waals surface area contributed by atoms with Gasteiger partial charge in [0.25, 0.3) is 0 Å². The molecule has 23 heavy (non-hydrogen) atoms. The normalized spacial score (nSPS) is 12.6. The average molecular weight is 322 g/mol. The van der Waals surface area contributed by atoms with Gasteiger partial charge in [0.05, 0.1) is 0 Å². The number of hydrogen-bond acceptors (Lipinski definition) is 4. The van der Waals surface area contributed by atoms with Crippen molar-refractivity contribution >= 4 is 6.09 Å². The maximum absolute atomic E-state index is 11.5. The molecule has 0 aromatic heterocycles. The van der Waals surface area contributed by atoms with Gasteiger partial charge >= 0.3 is 6.09 Å². The summed E-state index contributed by atoms with van der Waals surface area (Å²) in [6.07, 6.45) is 0.474. The number of alkyl carbamates (subject to hydrolysis) is 1. The van der Waals surface area contributed by atoms with Crippen LogP contribution in [0, 0.1) is 6.92 Å². The second-order valence-corrected chi connectivity index (χ2v) is 6.76. The van der Waals surface area contributed by atoms with Crippen molar-refractivity contribution < 1.29 is 14.3 Å². The standard InChI is InChI=1S/C18H30N2O3/c1-14-7-9-16(10-8-14)22-13-15(2)19-11-6-12-20-17(21)23-18(3,4)5/h7-10,15,19H,6,11-13H2,1-5H3,(H,20,21). The molecule has 0 aliphatic heterocycles. The first-order chi connectivity index (χ1) is 10.8. The highest BCUT2D eigenvalue weighted by molar-refractivity contribution is 5.67. The van der Waals surface area contributed by atoms with Crippen LogP contribution >= 0.6 is 0 Å². The third kappa shape index (κ3) is 9.79. The molecule has 0 aliphatic carbocycles. The molecule has 0 bridgehead atoms.